The maximum absolute atomic E-state index is 12.5. The van der Waals surface area contributed by atoms with Crippen LogP contribution in [0.1, 0.15) is 162 Å². The average molecular weight is 510 g/mol. The van der Waals surface area contributed by atoms with Crippen molar-refractivity contribution in [2.24, 2.45) is 11.8 Å². The Kier molecular flexibility index (Phi) is 29.5. The van der Waals surface area contributed by atoms with Crippen molar-refractivity contribution in [2.75, 3.05) is 13.2 Å². The van der Waals surface area contributed by atoms with Gasteiger partial charge in [-0.3, -0.25) is 10.6 Å². The van der Waals surface area contributed by atoms with Crippen LogP contribution in [0.2, 0.25) is 0 Å². The van der Waals surface area contributed by atoms with Gasteiger partial charge in [0.15, 0.2) is 0 Å². The lowest BCUT2D eigenvalue weighted by Crippen LogP contribution is -2.38. The van der Waals surface area contributed by atoms with Crippen LogP contribution < -0.4 is 16.8 Å². The van der Waals surface area contributed by atoms with Crippen molar-refractivity contribution in [3.8, 4) is 0 Å². The molecular weight excluding hydrogens is 446 g/mol. The second kappa shape index (κ2) is 30.3. The Hall–Kier alpha value is -0.910. The minimum absolute atomic E-state index is 0.0324. The molecule has 0 aromatic carbocycles. The van der Waals surface area contributed by atoms with Gasteiger partial charge in [0.25, 0.3) is 0 Å². The summed E-state index contributed by atoms with van der Waals surface area (Å²) in [6.45, 7) is 6.05. The highest BCUT2D eigenvalue weighted by Crippen LogP contribution is 2.23. The normalized spacial score (nSPS) is 11.7. The smallest absolute Gasteiger partial charge is 0.306 e. The van der Waals surface area contributed by atoms with Crippen molar-refractivity contribution in [1.29, 1.82) is 0 Å². The number of rotatable bonds is 29. The first-order valence-corrected chi connectivity index (χ1v) is 15.7. The first-order valence-electron chi connectivity index (χ1n) is 15.7. The molecule has 0 aromatic heterocycles. The second-order valence-electron chi connectivity index (χ2n) is 10.6. The standard InChI is InChI=1S/C31H63N3O2/c1-3-5-7-9-17-21-25-30(26-22-18-10-8-6-4-2)29-31(35)36-28-24-20-16-14-12-11-13-15-19-23-27-33-34-32/h12,14,30,33-34H,3-11,13,15-29,32H2,1-2H3/b14-12+. The predicted molar refractivity (Wildman–Crippen MR) is 156 cm³/mol. The Morgan fingerprint density at radius 2 is 1.19 bits per heavy atom. The summed E-state index contributed by atoms with van der Waals surface area (Å²) in [5.74, 6) is 5.72. The fraction of sp³-hybridized carbons (Fsp3) is 0.903. The number of hydrogen-bond acceptors (Lipinski definition) is 5. The van der Waals surface area contributed by atoms with E-state index in [0.29, 0.717) is 18.9 Å². The van der Waals surface area contributed by atoms with Crippen molar-refractivity contribution in [1.82, 2.24) is 11.0 Å². The van der Waals surface area contributed by atoms with E-state index in [1.54, 1.807) is 0 Å². The van der Waals surface area contributed by atoms with E-state index in [-0.39, 0.29) is 5.97 Å². The monoisotopic (exact) mass is 509 g/mol. The van der Waals surface area contributed by atoms with E-state index < -0.39 is 0 Å². The summed E-state index contributed by atoms with van der Waals surface area (Å²) < 4.78 is 5.61. The van der Waals surface area contributed by atoms with Crippen LogP contribution >= 0.6 is 0 Å². The molecule has 0 spiro atoms. The fourth-order valence-electron chi connectivity index (χ4n) is 4.76. The van der Waals surface area contributed by atoms with Crippen molar-refractivity contribution >= 4 is 5.97 Å². The third-order valence-corrected chi connectivity index (χ3v) is 7.11. The third-order valence-electron chi connectivity index (χ3n) is 7.11. The van der Waals surface area contributed by atoms with Crippen LogP contribution in [-0.4, -0.2) is 19.1 Å². The average Bonchev–Trinajstić information content (AvgIpc) is 2.88. The van der Waals surface area contributed by atoms with Gasteiger partial charge in [0.1, 0.15) is 0 Å². The minimum Gasteiger partial charge on any atom is -0.466 e. The summed E-state index contributed by atoms with van der Waals surface area (Å²) in [6.07, 6.45) is 32.8. The van der Waals surface area contributed by atoms with Gasteiger partial charge in [-0.05, 0) is 57.3 Å². The van der Waals surface area contributed by atoms with Crippen LogP contribution in [-0.2, 0) is 9.53 Å². The zero-order valence-corrected chi connectivity index (χ0v) is 24.3. The molecule has 0 aliphatic heterocycles. The van der Waals surface area contributed by atoms with E-state index >= 15 is 0 Å². The fourth-order valence-corrected chi connectivity index (χ4v) is 4.76. The summed E-state index contributed by atoms with van der Waals surface area (Å²) in [5.41, 5.74) is 5.37. The molecule has 0 heterocycles. The van der Waals surface area contributed by atoms with E-state index in [1.807, 2.05) is 0 Å². The predicted octanol–water partition coefficient (Wildman–Crippen LogP) is 8.68. The highest BCUT2D eigenvalue weighted by atomic mass is 16.5. The summed E-state index contributed by atoms with van der Waals surface area (Å²) in [4.78, 5) is 12.5. The van der Waals surface area contributed by atoms with Gasteiger partial charge < -0.3 is 4.74 Å². The molecular formula is C31H63N3O2. The number of esters is 1. The third kappa shape index (κ3) is 27.7. The number of allylic oxidation sites excluding steroid dienone is 2. The first-order chi connectivity index (χ1) is 17.7. The second-order valence-corrected chi connectivity index (χ2v) is 10.6. The Balaban J connectivity index is 3.88. The van der Waals surface area contributed by atoms with Gasteiger partial charge in [-0.1, -0.05) is 116 Å². The molecule has 0 bridgehead atoms. The number of nitrogens with two attached hydrogens (primary N) is 1. The van der Waals surface area contributed by atoms with E-state index in [9.17, 15) is 4.79 Å². The summed E-state index contributed by atoms with van der Waals surface area (Å²) >= 11 is 0. The summed E-state index contributed by atoms with van der Waals surface area (Å²) in [5, 5.41) is 0. The van der Waals surface area contributed by atoms with Gasteiger partial charge in [-0.25, -0.2) is 5.43 Å². The Bertz CT molecular complexity index is 455. The number of hydrazine groups is 2. The summed E-state index contributed by atoms with van der Waals surface area (Å²) in [6, 6.07) is 0. The van der Waals surface area contributed by atoms with Gasteiger partial charge in [0, 0.05) is 13.0 Å². The van der Waals surface area contributed by atoms with Gasteiger partial charge in [-0.15, -0.1) is 0 Å². The lowest BCUT2D eigenvalue weighted by atomic mass is 9.91. The van der Waals surface area contributed by atoms with Crippen molar-refractivity contribution in [3.05, 3.63) is 12.2 Å². The Morgan fingerprint density at radius 3 is 1.78 bits per heavy atom. The van der Waals surface area contributed by atoms with E-state index in [4.69, 9.17) is 10.6 Å². The van der Waals surface area contributed by atoms with Crippen LogP contribution in [0.4, 0.5) is 0 Å². The lowest BCUT2D eigenvalue weighted by Gasteiger charge is -2.16. The molecule has 0 rings (SSSR count). The van der Waals surface area contributed by atoms with Crippen LogP contribution in [0.3, 0.4) is 0 Å². The van der Waals surface area contributed by atoms with Gasteiger partial charge >= 0.3 is 5.97 Å². The molecule has 36 heavy (non-hydrogen) atoms. The molecule has 214 valence electrons. The van der Waals surface area contributed by atoms with Crippen LogP contribution in [0.15, 0.2) is 12.2 Å². The SMILES string of the molecule is CCCCCCCCC(CCCCCCCC)CC(=O)OCCCC/C=C/CCCCCCNNN. The molecule has 0 aliphatic rings. The molecule has 0 aromatic rings. The quantitative estimate of drug-likeness (QED) is 0.0309. The molecule has 0 unspecified atom stereocenters. The lowest BCUT2D eigenvalue weighted by molar-refractivity contribution is -0.145. The summed E-state index contributed by atoms with van der Waals surface area (Å²) in [7, 11) is 0. The van der Waals surface area contributed by atoms with Crippen LogP contribution in [0, 0.1) is 5.92 Å². The largest absolute Gasteiger partial charge is 0.466 e. The van der Waals surface area contributed by atoms with E-state index in [0.717, 1.165) is 38.6 Å². The highest BCUT2D eigenvalue weighted by molar-refractivity contribution is 5.69. The van der Waals surface area contributed by atoms with Crippen molar-refractivity contribution in [3.63, 3.8) is 0 Å². The molecule has 0 amide bonds. The highest BCUT2D eigenvalue weighted by Gasteiger charge is 2.15. The molecule has 0 saturated heterocycles. The number of unbranched alkanes of at least 4 members (excludes halogenated alkanes) is 16. The van der Waals surface area contributed by atoms with Crippen molar-refractivity contribution in [2.45, 2.75) is 162 Å². The van der Waals surface area contributed by atoms with Crippen LogP contribution in [0.25, 0.3) is 0 Å². The Labute approximate surface area is 225 Å². The van der Waals surface area contributed by atoms with Gasteiger partial charge in [0.2, 0.25) is 0 Å². The Morgan fingerprint density at radius 1 is 0.694 bits per heavy atom. The van der Waals surface area contributed by atoms with Gasteiger partial charge in [0.05, 0.1) is 6.61 Å². The molecule has 5 heteroatoms. The zero-order chi connectivity index (χ0) is 26.4. The van der Waals surface area contributed by atoms with E-state index in [2.05, 4.69) is 37.0 Å². The molecule has 0 radical (unpaired) electrons. The maximum Gasteiger partial charge on any atom is 0.306 e. The number of carbonyl (C=O) groups excluding carboxylic acids is 1. The van der Waals surface area contributed by atoms with E-state index in [1.165, 1.54) is 109 Å². The number of ether oxygens (including phenoxy) is 1. The topological polar surface area (TPSA) is 76.4 Å². The molecule has 4 N–H and O–H groups in total. The zero-order valence-electron chi connectivity index (χ0n) is 24.3. The number of nitrogens with one attached hydrogen (secondary N) is 2. The molecule has 0 aliphatic carbocycles. The molecule has 0 saturated carbocycles. The van der Waals surface area contributed by atoms with Gasteiger partial charge in [-0.2, -0.15) is 5.53 Å². The molecule has 0 fully saturated rings. The number of carbonyl (C=O) groups is 1. The van der Waals surface area contributed by atoms with Crippen LogP contribution in [0.5, 0.6) is 0 Å². The number of hydrogen-bond donors (Lipinski definition) is 3. The molecule has 5 nitrogen and oxygen atoms in total. The maximum atomic E-state index is 12.5. The minimum atomic E-state index is 0.0324. The first kappa shape index (κ1) is 35.1. The van der Waals surface area contributed by atoms with Crippen molar-refractivity contribution < 1.29 is 9.53 Å². The molecule has 0 atom stereocenters.